The number of aliphatic carboxylic acids is 1. The van der Waals surface area contributed by atoms with Crippen molar-refractivity contribution in [3.8, 4) is 0 Å². The molecular weight excluding hydrogens is 288 g/mol. The van der Waals surface area contributed by atoms with E-state index in [0.717, 1.165) is 15.0 Å². The van der Waals surface area contributed by atoms with Gasteiger partial charge in [-0.3, -0.25) is 9.59 Å². The third-order valence-corrected chi connectivity index (χ3v) is 4.01. The molecule has 112 valence electrons. The highest BCUT2D eigenvalue weighted by Gasteiger charge is 2.31. The van der Waals surface area contributed by atoms with Crippen molar-refractivity contribution in [3.05, 3.63) is 35.2 Å². The van der Waals surface area contributed by atoms with E-state index in [0.29, 0.717) is 0 Å². The van der Waals surface area contributed by atoms with Crippen LogP contribution in [0.2, 0.25) is 0 Å². The van der Waals surface area contributed by atoms with Crippen LogP contribution in [0, 0.1) is 5.92 Å². The maximum atomic E-state index is 12.0. The summed E-state index contributed by atoms with van der Waals surface area (Å²) in [5.41, 5.74) is -0.690. The molecule has 0 saturated carbocycles. The summed E-state index contributed by atoms with van der Waals surface area (Å²) in [6.07, 6.45) is 0.156. The summed E-state index contributed by atoms with van der Waals surface area (Å²) >= 11 is 1.51. The highest BCUT2D eigenvalue weighted by molar-refractivity contribution is 7.19. The second kappa shape index (κ2) is 5.85. The SMILES string of the molecule is CC(C)(C)OC(=O)[C@@H](Cc1cc2ccccc2s1)C(=O)O. The molecule has 0 spiro atoms. The van der Waals surface area contributed by atoms with Crippen molar-refractivity contribution in [2.75, 3.05) is 0 Å². The topological polar surface area (TPSA) is 63.6 Å². The zero-order valence-corrected chi connectivity index (χ0v) is 13.1. The molecule has 4 nitrogen and oxygen atoms in total. The predicted molar refractivity (Wildman–Crippen MR) is 82.5 cm³/mol. The Morgan fingerprint density at radius 3 is 2.52 bits per heavy atom. The van der Waals surface area contributed by atoms with Gasteiger partial charge in [-0.05, 0) is 38.3 Å². The monoisotopic (exact) mass is 306 g/mol. The van der Waals surface area contributed by atoms with Gasteiger partial charge in [0.2, 0.25) is 0 Å². The summed E-state index contributed by atoms with van der Waals surface area (Å²) in [4.78, 5) is 24.2. The molecule has 2 aromatic rings. The van der Waals surface area contributed by atoms with Gasteiger partial charge in [-0.1, -0.05) is 18.2 Å². The first kappa shape index (κ1) is 15.5. The number of ether oxygens (including phenoxy) is 1. The third-order valence-electron chi connectivity index (χ3n) is 2.87. The molecule has 1 aromatic carbocycles. The Labute approximate surface area is 127 Å². The summed E-state index contributed by atoms with van der Waals surface area (Å²) in [6.45, 7) is 5.18. The lowest BCUT2D eigenvalue weighted by Crippen LogP contribution is -2.33. The Kier molecular flexibility index (Phi) is 4.32. The number of hydrogen-bond acceptors (Lipinski definition) is 4. The van der Waals surface area contributed by atoms with Crippen LogP contribution < -0.4 is 0 Å². The van der Waals surface area contributed by atoms with E-state index in [2.05, 4.69) is 0 Å². The summed E-state index contributed by atoms with van der Waals surface area (Å²) in [5, 5.41) is 10.3. The molecule has 21 heavy (non-hydrogen) atoms. The van der Waals surface area contributed by atoms with Gasteiger partial charge in [0.05, 0.1) is 0 Å². The third kappa shape index (κ3) is 4.04. The smallest absolute Gasteiger partial charge is 0.321 e. The van der Waals surface area contributed by atoms with Gasteiger partial charge in [0, 0.05) is 16.0 Å². The molecule has 0 radical (unpaired) electrons. The Balaban J connectivity index is 2.19. The standard InChI is InChI=1S/C16H18O4S/c1-16(2,3)20-15(19)12(14(17)18)9-11-8-10-6-4-5-7-13(10)21-11/h4-8,12H,9H2,1-3H3,(H,17,18)/t12-/m0/s1. The molecule has 5 heteroatoms. The highest BCUT2D eigenvalue weighted by atomic mass is 32.1. The van der Waals surface area contributed by atoms with Gasteiger partial charge in [0.25, 0.3) is 0 Å². The van der Waals surface area contributed by atoms with E-state index < -0.39 is 23.5 Å². The van der Waals surface area contributed by atoms with Crippen LogP contribution in [0.5, 0.6) is 0 Å². The molecular formula is C16H18O4S. The van der Waals surface area contributed by atoms with E-state index in [1.807, 2.05) is 30.3 Å². The molecule has 1 heterocycles. The van der Waals surface area contributed by atoms with E-state index in [1.54, 1.807) is 20.8 Å². The lowest BCUT2D eigenvalue weighted by atomic mass is 10.0. The molecule has 0 aliphatic carbocycles. The number of fused-ring (bicyclic) bond motifs is 1. The maximum absolute atomic E-state index is 12.0. The first-order valence-electron chi connectivity index (χ1n) is 6.69. The quantitative estimate of drug-likeness (QED) is 0.694. The molecule has 0 amide bonds. The van der Waals surface area contributed by atoms with E-state index >= 15 is 0 Å². The lowest BCUT2D eigenvalue weighted by Gasteiger charge is -2.22. The lowest BCUT2D eigenvalue weighted by molar-refractivity contribution is -0.166. The Morgan fingerprint density at radius 2 is 1.95 bits per heavy atom. The summed E-state index contributed by atoms with van der Waals surface area (Å²) in [5.74, 6) is -3.01. The average molecular weight is 306 g/mol. The molecule has 1 N–H and O–H groups in total. The highest BCUT2D eigenvalue weighted by Crippen LogP contribution is 2.28. The van der Waals surface area contributed by atoms with Gasteiger partial charge in [-0.15, -0.1) is 11.3 Å². The van der Waals surface area contributed by atoms with E-state index in [9.17, 15) is 14.7 Å². The molecule has 0 bridgehead atoms. The van der Waals surface area contributed by atoms with Gasteiger partial charge in [0.1, 0.15) is 5.60 Å². The van der Waals surface area contributed by atoms with Crippen LogP contribution in [0.4, 0.5) is 0 Å². The van der Waals surface area contributed by atoms with E-state index in [4.69, 9.17) is 4.74 Å². The Bertz CT molecular complexity index is 633. The van der Waals surface area contributed by atoms with Crippen molar-refractivity contribution in [2.45, 2.75) is 32.8 Å². The van der Waals surface area contributed by atoms with Crippen LogP contribution in [0.25, 0.3) is 10.1 Å². The number of esters is 1. The van der Waals surface area contributed by atoms with Gasteiger partial charge >= 0.3 is 11.9 Å². The van der Waals surface area contributed by atoms with Crippen molar-refractivity contribution in [3.63, 3.8) is 0 Å². The van der Waals surface area contributed by atoms with Gasteiger partial charge in [0.15, 0.2) is 5.92 Å². The fraction of sp³-hybridized carbons (Fsp3) is 0.375. The summed E-state index contributed by atoms with van der Waals surface area (Å²) in [7, 11) is 0. The molecule has 0 aliphatic rings. The number of rotatable bonds is 4. The second-order valence-corrected chi connectivity index (χ2v) is 7.05. The van der Waals surface area contributed by atoms with E-state index in [-0.39, 0.29) is 6.42 Å². The van der Waals surface area contributed by atoms with Crippen LogP contribution in [-0.2, 0) is 20.7 Å². The molecule has 0 fully saturated rings. The van der Waals surface area contributed by atoms with Crippen LogP contribution in [0.15, 0.2) is 30.3 Å². The molecule has 1 aromatic heterocycles. The van der Waals surface area contributed by atoms with Crippen molar-refractivity contribution < 1.29 is 19.4 Å². The van der Waals surface area contributed by atoms with Crippen molar-refractivity contribution >= 4 is 33.4 Å². The van der Waals surface area contributed by atoms with Gasteiger partial charge in [-0.2, -0.15) is 0 Å². The largest absolute Gasteiger partial charge is 0.481 e. The Hall–Kier alpha value is -1.88. The normalized spacial score (nSPS) is 13.1. The number of benzene rings is 1. The van der Waals surface area contributed by atoms with Gasteiger partial charge in [-0.25, -0.2) is 0 Å². The molecule has 0 unspecified atom stereocenters. The van der Waals surface area contributed by atoms with Crippen molar-refractivity contribution in [2.24, 2.45) is 5.92 Å². The summed E-state index contributed by atoms with van der Waals surface area (Å²) < 4.78 is 6.28. The number of carboxylic acids is 1. The number of carbonyl (C=O) groups is 2. The van der Waals surface area contributed by atoms with Crippen LogP contribution in [0.1, 0.15) is 25.6 Å². The Morgan fingerprint density at radius 1 is 1.29 bits per heavy atom. The average Bonchev–Trinajstić information content (AvgIpc) is 2.75. The zero-order chi connectivity index (χ0) is 15.6. The van der Waals surface area contributed by atoms with Gasteiger partial charge < -0.3 is 9.84 Å². The van der Waals surface area contributed by atoms with Crippen LogP contribution in [0.3, 0.4) is 0 Å². The second-order valence-electron chi connectivity index (χ2n) is 5.88. The molecule has 2 rings (SSSR count). The molecule has 1 atom stereocenters. The first-order valence-corrected chi connectivity index (χ1v) is 7.51. The number of carbonyl (C=O) groups excluding carboxylic acids is 1. The van der Waals surface area contributed by atoms with Crippen LogP contribution in [-0.4, -0.2) is 22.6 Å². The fourth-order valence-electron chi connectivity index (χ4n) is 1.98. The molecule has 0 aliphatic heterocycles. The number of thiophene rings is 1. The zero-order valence-electron chi connectivity index (χ0n) is 12.3. The number of hydrogen-bond donors (Lipinski definition) is 1. The summed E-state index contributed by atoms with van der Waals surface area (Å²) in [6, 6.07) is 9.75. The van der Waals surface area contributed by atoms with Crippen LogP contribution >= 0.6 is 11.3 Å². The predicted octanol–water partition coefficient (Wildman–Crippen LogP) is 3.49. The minimum Gasteiger partial charge on any atom is -0.481 e. The minimum absolute atomic E-state index is 0.156. The maximum Gasteiger partial charge on any atom is 0.321 e. The minimum atomic E-state index is -1.17. The van der Waals surface area contributed by atoms with E-state index in [1.165, 1.54) is 11.3 Å². The van der Waals surface area contributed by atoms with Crippen molar-refractivity contribution in [1.82, 2.24) is 0 Å². The fourth-order valence-corrected chi connectivity index (χ4v) is 3.09. The number of carboxylic acid groups (broad SMARTS) is 1. The molecule has 0 saturated heterocycles. The first-order chi connectivity index (χ1) is 9.76. The van der Waals surface area contributed by atoms with Crippen molar-refractivity contribution in [1.29, 1.82) is 0 Å².